The first-order valence-corrected chi connectivity index (χ1v) is 9.22. The molecule has 0 bridgehead atoms. The van der Waals surface area contributed by atoms with Crippen LogP contribution in [0.25, 0.3) is 21.3 Å². The number of benzene rings is 1. The van der Waals surface area contributed by atoms with Crippen LogP contribution in [0, 0.1) is 0 Å². The molecule has 0 saturated carbocycles. The maximum atomic E-state index is 10.6. The molecule has 2 heterocycles. The van der Waals surface area contributed by atoms with Gasteiger partial charge < -0.3 is 10.4 Å². The second-order valence-electron chi connectivity index (χ2n) is 6.25. The molecule has 0 spiro atoms. The van der Waals surface area contributed by atoms with Crippen LogP contribution in [0.1, 0.15) is 38.2 Å². The van der Waals surface area contributed by atoms with Gasteiger partial charge in [-0.2, -0.15) is 0 Å². The first-order valence-electron chi connectivity index (χ1n) is 8.34. The average Bonchev–Trinajstić information content (AvgIpc) is 3.03. The Kier molecular flexibility index (Phi) is 5.28. The number of aromatic nitrogens is 2. The van der Waals surface area contributed by atoms with Crippen molar-refractivity contribution in [2.45, 2.75) is 32.6 Å². The van der Waals surface area contributed by atoms with Gasteiger partial charge in [0.25, 0.3) is 0 Å². The number of nitrogens with one attached hydrogen (secondary N) is 1. The first-order chi connectivity index (χ1) is 12.1. The summed E-state index contributed by atoms with van der Waals surface area (Å²) in [6.07, 6.45) is 2.25. The summed E-state index contributed by atoms with van der Waals surface area (Å²) in [5.41, 5.74) is 3.56. The molecule has 0 atom stereocenters. The van der Waals surface area contributed by atoms with Crippen LogP contribution in [0.15, 0.2) is 36.0 Å². The Morgan fingerprint density at radius 2 is 2.00 bits per heavy atom. The second-order valence-corrected chi connectivity index (χ2v) is 7.11. The van der Waals surface area contributed by atoms with E-state index >= 15 is 0 Å². The van der Waals surface area contributed by atoms with Crippen molar-refractivity contribution >= 4 is 33.3 Å². The highest BCUT2D eigenvalue weighted by Crippen LogP contribution is 2.36. The summed E-state index contributed by atoms with van der Waals surface area (Å²) in [6, 6.07) is 8.59. The zero-order chi connectivity index (χ0) is 17.8. The van der Waals surface area contributed by atoms with Crippen molar-refractivity contribution in [1.29, 1.82) is 0 Å². The summed E-state index contributed by atoms with van der Waals surface area (Å²) in [5.74, 6) is 0.485. The predicted octanol–water partition coefficient (Wildman–Crippen LogP) is 4.76. The van der Waals surface area contributed by atoms with E-state index in [4.69, 9.17) is 5.11 Å². The number of aliphatic carboxylic acids is 1. The maximum absolute atomic E-state index is 10.6. The molecule has 2 aromatic heterocycles. The van der Waals surface area contributed by atoms with Crippen molar-refractivity contribution < 1.29 is 9.90 Å². The number of thiophene rings is 1. The molecule has 6 heteroatoms. The van der Waals surface area contributed by atoms with Crippen LogP contribution in [-0.2, 0) is 4.79 Å². The van der Waals surface area contributed by atoms with E-state index in [0.717, 1.165) is 27.2 Å². The summed E-state index contributed by atoms with van der Waals surface area (Å²) < 4.78 is 0. The Morgan fingerprint density at radius 3 is 2.68 bits per heavy atom. The van der Waals surface area contributed by atoms with Gasteiger partial charge in [-0.3, -0.25) is 4.79 Å². The fourth-order valence-corrected chi connectivity index (χ4v) is 3.63. The predicted molar refractivity (Wildman–Crippen MR) is 102 cm³/mol. The maximum Gasteiger partial charge on any atom is 0.303 e. The standard InChI is InChI=1S/C19H21N3O2S/c1-12(2)13-5-7-14(8-6-13)15-10-25-19-17(15)18(21-11-22-19)20-9-3-4-16(23)24/h5-8,10-12H,3-4,9H2,1-2H3,(H,23,24)(H,20,21,22). The lowest BCUT2D eigenvalue weighted by atomic mass is 9.99. The number of anilines is 1. The molecule has 0 aliphatic heterocycles. The number of carboxylic acids is 1. The SMILES string of the molecule is CC(C)c1ccc(-c2csc3ncnc(NCCCC(=O)O)c23)cc1. The molecule has 0 fully saturated rings. The topological polar surface area (TPSA) is 75.1 Å². The highest BCUT2D eigenvalue weighted by atomic mass is 32.1. The summed E-state index contributed by atoms with van der Waals surface area (Å²) >= 11 is 1.59. The number of fused-ring (bicyclic) bond motifs is 1. The lowest BCUT2D eigenvalue weighted by molar-refractivity contribution is -0.137. The number of hydrogen-bond donors (Lipinski definition) is 2. The normalized spacial score (nSPS) is 11.2. The zero-order valence-electron chi connectivity index (χ0n) is 14.3. The third-order valence-corrected chi connectivity index (χ3v) is 5.00. The van der Waals surface area contributed by atoms with Gasteiger partial charge in [-0.15, -0.1) is 11.3 Å². The van der Waals surface area contributed by atoms with Crippen molar-refractivity contribution in [2.75, 3.05) is 11.9 Å². The lowest BCUT2D eigenvalue weighted by Crippen LogP contribution is -2.06. The van der Waals surface area contributed by atoms with E-state index in [0.29, 0.717) is 18.9 Å². The van der Waals surface area contributed by atoms with Crippen molar-refractivity contribution in [3.8, 4) is 11.1 Å². The zero-order valence-corrected chi connectivity index (χ0v) is 15.1. The summed E-state index contributed by atoms with van der Waals surface area (Å²) in [4.78, 5) is 20.3. The molecule has 0 amide bonds. The minimum absolute atomic E-state index is 0.147. The van der Waals surface area contributed by atoms with Crippen LogP contribution in [0.5, 0.6) is 0 Å². The average molecular weight is 355 g/mol. The third-order valence-electron chi connectivity index (χ3n) is 4.12. The van der Waals surface area contributed by atoms with Crippen LogP contribution >= 0.6 is 11.3 Å². The Bertz CT molecular complexity index is 872. The largest absolute Gasteiger partial charge is 0.481 e. The fourth-order valence-electron chi connectivity index (χ4n) is 2.72. The van der Waals surface area contributed by atoms with Gasteiger partial charge in [0, 0.05) is 23.9 Å². The molecule has 2 N–H and O–H groups in total. The van der Waals surface area contributed by atoms with Crippen LogP contribution in [-0.4, -0.2) is 27.6 Å². The van der Waals surface area contributed by atoms with Crippen LogP contribution < -0.4 is 5.32 Å². The number of nitrogens with zero attached hydrogens (tertiary/aromatic N) is 2. The van der Waals surface area contributed by atoms with Gasteiger partial charge in [0.1, 0.15) is 17.0 Å². The van der Waals surface area contributed by atoms with Crippen LogP contribution in [0.2, 0.25) is 0 Å². The molecule has 0 unspecified atom stereocenters. The van der Waals surface area contributed by atoms with Gasteiger partial charge in [-0.1, -0.05) is 38.1 Å². The number of carboxylic acid groups (broad SMARTS) is 1. The quantitative estimate of drug-likeness (QED) is 0.598. The summed E-state index contributed by atoms with van der Waals surface area (Å²) in [7, 11) is 0. The van der Waals surface area contributed by atoms with Gasteiger partial charge in [-0.25, -0.2) is 9.97 Å². The molecule has 0 saturated heterocycles. The van der Waals surface area contributed by atoms with Gasteiger partial charge in [0.05, 0.1) is 5.39 Å². The van der Waals surface area contributed by atoms with Crippen molar-refractivity contribution in [3.05, 3.63) is 41.5 Å². The second kappa shape index (κ2) is 7.61. The minimum atomic E-state index is -0.781. The molecule has 130 valence electrons. The Labute approximate surface area is 150 Å². The smallest absolute Gasteiger partial charge is 0.303 e. The van der Waals surface area contributed by atoms with E-state index < -0.39 is 5.97 Å². The molecular formula is C19H21N3O2S. The van der Waals surface area contributed by atoms with E-state index in [9.17, 15) is 4.79 Å². The Hall–Kier alpha value is -2.47. The van der Waals surface area contributed by atoms with E-state index in [1.807, 2.05) is 0 Å². The summed E-state index contributed by atoms with van der Waals surface area (Å²) in [6.45, 7) is 4.93. The van der Waals surface area contributed by atoms with Crippen LogP contribution in [0.4, 0.5) is 5.82 Å². The molecule has 0 aliphatic carbocycles. The third kappa shape index (κ3) is 3.96. The molecular weight excluding hydrogens is 334 g/mol. The van der Waals surface area contributed by atoms with Crippen molar-refractivity contribution in [2.24, 2.45) is 0 Å². The van der Waals surface area contributed by atoms with Crippen molar-refractivity contribution in [3.63, 3.8) is 0 Å². The Morgan fingerprint density at radius 1 is 1.24 bits per heavy atom. The van der Waals surface area contributed by atoms with E-state index in [2.05, 4.69) is 58.8 Å². The highest BCUT2D eigenvalue weighted by molar-refractivity contribution is 7.17. The molecule has 25 heavy (non-hydrogen) atoms. The minimum Gasteiger partial charge on any atom is -0.481 e. The van der Waals surface area contributed by atoms with Gasteiger partial charge in [0.15, 0.2) is 0 Å². The number of rotatable bonds is 7. The molecule has 5 nitrogen and oxygen atoms in total. The van der Waals surface area contributed by atoms with Gasteiger partial charge >= 0.3 is 5.97 Å². The monoisotopic (exact) mass is 355 g/mol. The molecule has 1 aromatic carbocycles. The van der Waals surface area contributed by atoms with E-state index in [1.165, 1.54) is 5.56 Å². The molecule has 0 aliphatic rings. The van der Waals surface area contributed by atoms with E-state index in [-0.39, 0.29) is 6.42 Å². The van der Waals surface area contributed by atoms with Crippen LogP contribution in [0.3, 0.4) is 0 Å². The van der Waals surface area contributed by atoms with Crippen molar-refractivity contribution in [1.82, 2.24) is 9.97 Å². The summed E-state index contributed by atoms with van der Waals surface area (Å²) in [5, 5.41) is 15.1. The molecule has 0 radical (unpaired) electrons. The molecule has 3 aromatic rings. The lowest BCUT2D eigenvalue weighted by Gasteiger charge is -2.09. The molecule has 3 rings (SSSR count). The highest BCUT2D eigenvalue weighted by Gasteiger charge is 2.13. The number of carbonyl (C=O) groups is 1. The first kappa shape index (κ1) is 17.4. The Balaban J connectivity index is 1.89. The van der Waals surface area contributed by atoms with E-state index in [1.54, 1.807) is 17.7 Å². The fraction of sp³-hybridized carbons (Fsp3) is 0.316. The van der Waals surface area contributed by atoms with Gasteiger partial charge in [0.2, 0.25) is 0 Å². The number of hydrogen-bond acceptors (Lipinski definition) is 5. The van der Waals surface area contributed by atoms with Gasteiger partial charge in [-0.05, 0) is 23.5 Å².